The van der Waals surface area contributed by atoms with Crippen LogP contribution in [-0.4, -0.2) is 6.29 Å². The van der Waals surface area contributed by atoms with Gasteiger partial charge in [-0.1, -0.05) is 27.7 Å². The molecule has 0 saturated carbocycles. The normalized spacial score (nSPS) is 13.9. The number of allylic oxidation sites excluding steroid dienone is 2. The molecule has 1 atom stereocenters. The van der Waals surface area contributed by atoms with E-state index in [9.17, 15) is 0 Å². The molecule has 0 amide bonds. The number of hydrogen-bond acceptors (Lipinski definition) is 3. The first-order valence-electron chi connectivity index (χ1n) is 5.39. The minimum atomic E-state index is -0.410. The highest BCUT2D eigenvalue weighted by Crippen LogP contribution is 2.33. The van der Waals surface area contributed by atoms with E-state index in [1.54, 1.807) is 0 Å². The Bertz CT molecular complexity index is 228. The van der Waals surface area contributed by atoms with Crippen molar-refractivity contribution < 1.29 is 9.57 Å². The van der Waals surface area contributed by atoms with Crippen molar-refractivity contribution in [3.63, 3.8) is 0 Å². The van der Waals surface area contributed by atoms with Crippen LogP contribution in [0.1, 0.15) is 48.5 Å². The topological polar surface area (TPSA) is 44.5 Å². The van der Waals surface area contributed by atoms with E-state index in [1.807, 2.05) is 20.8 Å². The molecule has 0 aliphatic rings. The molecule has 0 spiro atoms. The van der Waals surface area contributed by atoms with Crippen molar-refractivity contribution in [1.29, 1.82) is 0 Å². The zero-order chi connectivity index (χ0) is 12.2. The second-order valence-electron chi connectivity index (χ2n) is 5.12. The highest BCUT2D eigenvalue weighted by molar-refractivity contribution is 4.99. The van der Waals surface area contributed by atoms with E-state index in [4.69, 9.17) is 15.5 Å². The molecule has 0 fully saturated rings. The molecule has 3 nitrogen and oxygen atoms in total. The Balaban J connectivity index is 4.72. The summed E-state index contributed by atoms with van der Waals surface area (Å²) in [5.41, 5.74) is 1.02. The average molecular weight is 215 g/mol. The summed E-state index contributed by atoms with van der Waals surface area (Å²) in [7, 11) is 0. The summed E-state index contributed by atoms with van der Waals surface area (Å²) in [6, 6.07) is 0. The molecule has 0 radical (unpaired) electrons. The lowest BCUT2D eigenvalue weighted by Crippen LogP contribution is -2.40. The van der Waals surface area contributed by atoms with Gasteiger partial charge in [-0.15, -0.1) is 0 Å². The second-order valence-corrected chi connectivity index (χ2v) is 5.12. The molecule has 3 heteroatoms. The third-order valence-corrected chi connectivity index (χ3v) is 3.21. The summed E-state index contributed by atoms with van der Waals surface area (Å²) >= 11 is 0. The van der Waals surface area contributed by atoms with Crippen LogP contribution in [0, 0.1) is 11.3 Å². The maximum atomic E-state index is 5.72. The molecule has 0 aromatic carbocycles. The van der Waals surface area contributed by atoms with Crippen LogP contribution in [0.15, 0.2) is 11.3 Å². The fourth-order valence-corrected chi connectivity index (χ4v) is 0.906. The molecule has 0 heterocycles. The van der Waals surface area contributed by atoms with Gasteiger partial charge in [0.2, 0.25) is 6.29 Å². The summed E-state index contributed by atoms with van der Waals surface area (Å²) in [6.45, 7) is 14.4. The van der Waals surface area contributed by atoms with Crippen molar-refractivity contribution in [2.24, 2.45) is 17.2 Å². The molecule has 15 heavy (non-hydrogen) atoms. The lowest BCUT2D eigenvalue weighted by Gasteiger charge is -2.36. The minimum Gasteiger partial charge on any atom is -0.467 e. The fraction of sp³-hybridized carbons (Fsp3) is 0.833. The predicted octanol–water partition coefficient (Wildman–Crippen LogP) is 3.22. The highest BCUT2D eigenvalue weighted by atomic mass is 16.8. The molecule has 0 rings (SSSR count). The van der Waals surface area contributed by atoms with Crippen molar-refractivity contribution in [2.75, 3.05) is 0 Å². The number of hydrogen-bond donors (Lipinski definition) is 1. The van der Waals surface area contributed by atoms with E-state index in [0.717, 1.165) is 11.3 Å². The van der Waals surface area contributed by atoms with Crippen molar-refractivity contribution in [1.82, 2.24) is 0 Å². The van der Waals surface area contributed by atoms with Gasteiger partial charge in [0.1, 0.15) is 0 Å². The van der Waals surface area contributed by atoms with Crippen LogP contribution < -0.4 is 5.90 Å². The Morgan fingerprint density at radius 3 is 1.87 bits per heavy atom. The lowest BCUT2D eigenvalue weighted by molar-refractivity contribution is -0.192. The van der Waals surface area contributed by atoms with Crippen LogP contribution in [0.3, 0.4) is 0 Å². The monoisotopic (exact) mass is 215 g/mol. The van der Waals surface area contributed by atoms with Gasteiger partial charge in [-0.2, -0.15) is 0 Å². The molecule has 2 N–H and O–H groups in total. The van der Waals surface area contributed by atoms with Gasteiger partial charge >= 0.3 is 0 Å². The molecule has 0 aromatic rings. The standard InChI is InChI=1S/C12H25NO2/c1-8(2)10(5)14-11(15-13)12(6,7)9(3)4/h9,11H,13H2,1-7H3. The van der Waals surface area contributed by atoms with Crippen LogP contribution in [0.5, 0.6) is 0 Å². The summed E-state index contributed by atoms with van der Waals surface area (Å²) in [5, 5.41) is 0. The smallest absolute Gasteiger partial charge is 0.222 e. The zero-order valence-corrected chi connectivity index (χ0v) is 11.0. The van der Waals surface area contributed by atoms with Crippen LogP contribution in [0.4, 0.5) is 0 Å². The van der Waals surface area contributed by atoms with E-state index >= 15 is 0 Å². The van der Waals surface area contributed by atoms with Crippen LogP contribution in [0.25, 0.3) is 0 Å². The Morgan fingerprint density at radius 1 is 1.13 bits per heavy atom. The molecule has 1 unspecified atom stereocenters. The molecule has 0 aliphatic carbocycles. The van der Waals surface area contributed by atoms with E-state index in [-0.39, 0.29) is 5.41 Å². The Labute approximate surface area is 93.6 Å². The largest absolute Gasteiger partial charge is 0.467 e. The highest BCUT2D eigenvalue weighted by Gasteiger charge is 2.35. The van der Waals surface area contributed by atoms with E-state index in [1.165, 1.54) is 0 Å². The van der Waals surface area contributed by atoms with Gasteiger partial charge in [-0.25, -0.2) is 5.90 Å². The maximum Gasteiger partial charge on any atom is 0.222 e. The number of nitrogens with two attached hydrogens (primary N) is 1. The Hall–Kier alpha value is -0.540. The second kappa shape index (κ2) is 5.52. The van der Waals surface area contributed by atoms with Gasteiger partial charge in [0.15, 0.2) is 0 Å². The first kappa shape index (κ1) is 14.5. The first-order valence-corrected chi connectivity index (χ1v) is 5.39. The average Bonchev–Trinajstić information content (AvgIpc) is 2.12. The molecule has 90 valence electrons. The summed E-state index contributed by atoms with van der Waals surface area (Å²) in [6.07, 6.45) is -0.410. The third kappa shape index (κ3) is 3.84. The van der Waals surface area contributed by atoms with Gasteiger partial charge in [0, 0.05) is 5.41 Å². The molecular formula is C12H25NO2. The van der Waals surface area contributed by atoms with Crippen molar-refractivity contribution in [3.8, 4) is 0 Å². The van der Waals surface area contributed by atoms with Crippen LogP contribution >= 0.6 is 0 Å². The van der Waals surface area contributed by atoms with Gasteiger partial charge in [-0.05, 0) is 32.3 Å². The maximum absolute atomic E-state index is 5.72. The van der Waals surface area contributed by atoms with Gasteiger partial charge in [0.05, 0.1) is 5.76 Å². The zero-order valence-electron chi connectivity index (χ0n) is 11.0. The van der Waals surface area contributed by atoms with Crippen LogP contribution in [-0.2, 0) is 9.57 Å². The van der Waals surface area contributed by atoms with Gasteiger partial charge in [-0.3, -0.25) is 4.84 Å². The molecule has 0 aliphatic heterocycles. The SMILES string of the molecule is CC(C)=C(C)OC(ON)C(C)(C)C(C)C. The van der Waals surface area contributed by atoms with Crippen LogP contribution in [0.2, 0.25) is 0 Å². The number of rotatable bonds is 5. The Kier molecular flexibility index (Phi) is 5.32. The molecular weight excluding hydrogens is 190 g/mol. The molecule has 0 bridgehead atoms. The summed E-state index contributed by atoms with van der Waals surface area (Å²) in [5.74, 6) is 6.60. The molecule has 0 aromatic heterocycles. The third-order valence-electron chi connectivity index (χ3n) is 3.21. The van der Waals surface area contributed by atoms with Crippen molar-refractivity contribution in [2.45, 2.75) is 54.8 Å². The van der Waals surface area contributed by atoms with Crippen molar-refractivity contribution in [3.05, 3.63) is 11.3 Å². The van der Waals surface area contributed by atoms with E-state index in [2.05, 4.69) is 27.7 Å². The predicted molar refractivity (Wildman–Crippen MR) is 62.8 cm³/mol. The Morgan fingerprint density at radius 2 is 1.60 bits per heavy atom. The lowest BCUT2D eigenvalue weighted by atomic mass is 9.80. The van der Waals surface area contributed by atoms with Crippen molar-refractivity contribution >= 4 is 0 Å². The van der Waals surface area contributed by atoms with E-state index in [0.29, 0.717) is 5.92 Å². The van der Waals surface area contributed by atoms with Gasteiger partial charge in [0.25, 0.3) is 0 Å². The summed E-state index contributed by atoms with van der Waals surface area (Å²) < 4.78 is 5.72. The number of ether oxygens (including phenoxy) is 1. The molecule has 0 saturated heterocycles. The quantitative estimate of drug-likeness (QED) is 0.435. The first-order chi connectivity index (χ1) is 6.73. The van der Waals surface area contributed by atoms with E-state index < -0.39 is 6.29 Å². The minimum absolute atomic E-state index is 0.120. The summed E-state index contributed by atoms with van der Waals surface area (Å²) in [4.78, 5) is 4.94. The van der Waals surface area contributed by atoms with Gasteiger partial charge < -0.3 is 4.74 Å². The fourth-order valence-electron chi connectivity index (χ4n) is 0.906.